The van der Waals surface area contributed by atoms with Crippen LogP contribution in [0.25, 0.3) is 0 Å². The number of phenolic OH excluding ortho intramolecular Hbond substituents is 2. The van der Waals surface area contributed by atoms with Crippen molar-refractivity contribution in [3.05, 3.63) is 53.3 Å². The third-order valence-electron chi connectivity index (χ3n) is 3.79. The van der Waals surface area contributed by atoms with E-state index < -0.39 is 0 Å². The second-order valence-corrected chi connectivity index (χ2v) is 5.01. The highest BCUT2D eigenvalue weighted by atomic mass is 16.5. The van der Waals surface area contributed by atoms with Crippen molar-refractivity contribution in [1.29, 1.82) is 0 Å². The summed E-state index contributed by atoms with van der Waals surface area (Å²) in [5.41, 5.74) is 2.72. The molecule has 104 valence electrons. The van der Waals surface area contributed by atoms with Crippen LogP contribution in [-0.2, 0) is 11.2 Å². The largest absolute Gasteiger partial charge is 0.504 e. The van der Waals surface area contributed by atoms with Crippen LogP contribution < -0.4 is 0 Å². The van der Waals surface area contributed by atoms with E-state index in [1.807, 2.05) is 25.1 Å². The van der Waals surface area contributed by atoms with Gasteiger partial charge in [-0.3, -0.25) is 4.98 Å². The number of nitrogens with zero attached hydrogens (tertiary/aromatic N) is 1. The second kappa shape index (κ2) is 5.13. The molecule has 2 unspecified atom stereocenters. The van der Waals surface area contributed by atoms with E-state index in [1.165, 1.54) is 6.07 Å². The number of aromatic nitrogens is 1. The van der Waals surface area contributed by atoms with Crippen LogP contribution in [-0.4, -0.2) is 15.2 Å². The Bertz CT molecular complexity index is 613. The maximum absolute atomic E-state index is 10.1. The van der Waals surface area contributed by atoms with Gasteiger partial charge in [-0.05, 0) is 29.7 Å². The molecule has 0 spiro atoms. The predicted molar refractivity (Wildman–Crippen MR) is 74.6 cm³/mol. The molecule has 0 fully saturated rings. The van der Waals surface area contributed by atoms with Crippen molar-refractivity contribution in [2.24, 2.45) is 0 Å². The maximum atomic E-state index is 10.1. The summed E-state index contributed by atoms with van der Waals surface area (Å²) in [5.74, 6) is -0.108. The fourth-order valence-corrected chi connectivity index (χ4v) is 2.74. The van der Waals surface area contributed by atoms with Crippen LogP contribution in [0.4, 0.5) is 0 Å². The van der Waals surface area contributed by atoms with Gasteiger partial charge in [-0.25, -0.2) is 0 Å². The van der Waals surface area contributed by atoms with Crippen LogP contribution in [0.3, 0.4) is 0 Å². The summed E-state index contributed by atoms with van der Waals surface area (Å²) >= 11 is 0. The Labute approximate surface area is 117 Å². The zero-order valence-electron chi connectivity index (χ0n) is 11.3. The molecule has 2 heterocycles. The molecule has 1 aliphatic heterocycles. The Morgan fingerprint density at radius 1 is 1.30 bits per heavy atom. The minimum Gasteiger partial charge on any atom is -0.504 e. The SMILES string of the molecule is CCC1OC(c2cccnc2)Cc2c1ccc(O)c2O. The van der Waals surface area contributed by atoms with Gasteiger partial charge in [0.05, 0.1) is 12.2 Å². The van der Waals surface area contributed by atoms with Gasteiger partial charge in [0.1, 0.15) is 0 Å². The quantitative estimate of drug-likeness (QED) is 0.823. The normalized spacial score (nSPS) is 21.4. The topological polar surface area (TPSA) is 62.6 Å². The first-order chi connectivity index (χ1) is 9.70. The number of rotatable bonds is 2. The lowest BCUT2D eigenvalue weighted by atomic mass is 9.90. The molecule has 0 saturated carbocycles. The van der Waals surface area contributed by atoms with E-state index in [1.54, 1.807) is 12.4 Å². The highest BCUT2D eigenvalue weighted by Gasteiger charge is 2.30. The first kappa shape index (κ1) is 12.9. The van der Waals surface area contributed by atoms with Gasteiger partial charge < -0.3 is 14.9 Å². The molecular weight excluding hydrogens is 254 g/mol. The van der Waals surface area contributed by atoms with Crippen molar-refractivity contribution < 1.29 is 14.9 Å². The van der Waals surface area contributed by atoms with E-state index in [9.17, 15) is 10.2 Å². The molecule has 2 aromatic rings. The summed E-state index contributed by atoms with van der Waals surface area (Å²) < 4.78 is 6.11. The molecule has 0 saturated heterocycles. The van der Waals surface area contributed by atoms with E-state index >= 15 is 0 Å². The molecule has 1 aromatic heterocycles. The first-order valence-corrected chi connectivity index (χ1v) is 6.79. The lowest BCUT2D eigenvalue weighted by Gasteiger charge is -2.32. The third-order valence-corrected chi connectivity index (χ3v) is 3.79. The smallest absolute Gasteiger partial charge is 0.161 e. The predicted octanol–water partition coefficient (Wildman–Crippen LogP) is 3.26. The Morgan fingerprint density at radius 3 is 2.85 bits per heavy atom. The highest BCUT2D eigenvalue weighted by Crippen LogP contribution is 2.44. The van der Waals surface area contributed by atoms with Crippen LogP contribution in [0.2, 0.25) is 0 Å². The summed E-state index contributed by atoms with van der Waals surface area (Å²) in [7, 11) is 0. The average Bonchev–Trinajstić information content (AvgIpc) is 2.51. The number of phenols is 2. The Morgan fingerprint density at radius 2 is 2.15 bits per heavy atom. The van der Waals surface area contributed by atoms with E-state index in [-0.39, 0.29) is 23.7 Å². The molecule has 0 radical (unpaired) electrons. The van der Waals surface area contributed by atoms with Crippen LogP contribution in [0, 0.1) is 0 Å². The fourth-order valence-electron chi connectivity index (χ4n) is 2.74. The Balaban J connectivity index is 2.03. The van der Waals surface area contributed by atoms with E-state index in [4.69, 9.17) is 4.74 Å². The Kier molecular flexibility index (Phi) is 3.32. The highest BCUT2D eigenvalue weighted by molar-refractivity contribution is 5.51. The molecule has 4 heteroatoms. The molecule has 0 amide bonds. The molecule has 2 N–H and O–H groups in total. The zero-order chi connectivity index (χ0) is 14.1. The van der Waals surface area contributed by atoms with E-state index in [0.717, 1.165) is 23.1 Å². The number of fused-ring (bicyclic) bond motifs is 1. The van der Waals surface area contributed by atoms with Crippen LogP contribution in [0.5, 0.6) is 11.5 Å². The van der Waals surface area contributed by atoms with E-state index in [2.05, 4.69) is 4.98 Å². The molecule has 2 atom stereocenters. The fraction of sp³-hybridized carbons (Fsp3) is 0.312. The van der Waals surface area contributed by atoms with Crippen molar-refractivity contribution in [2.45, 2.75) is 32.0 Å². The van der Waals surface area contributed by atoms with Crippen molar-refractivity contribution in [2.75, 3.05) is 0 Å². The average molecular weight is 271 g/mol. The van der Waals surface area contributed by atoms with Gasteiger partial charge in [0.2, 0.25) is 0 Å². The van der Waals surface area contributed by atoms with Crippen LogP contribution in [0.15, 0.2) is 36.7 Å². The second-order valence-electron chi connectivity index (χ2n) is 5.01. The molecule has 1 aliphatic rings. The maximum Gasteiger partial charge on any atom is 0.161 e. The summed E-state index contributed by atoms with van der Waals surface area (Å²) in [5, 5.41) is 19.8. The summed E-state index contributed by atoms with van der Waals surface area (Å²) in [6, 6.07) is 7.19. The third kappa shape index (κ3) is 2.12. The lowest BCUT2D eigenvalue weighted by Crippen LogP contribution is -2.20. The summed E-state index contributed by atoms with van der Waals surface area (Å²) in [4.78, 5) is 4.11. The van der Waals surface area contributed by atoms with Gasteiger partial charge in [-0.1, -0.05) is 19.1 Å². The standard InChI is InChI=1S/C16H17NO3/c1-2-14-11-5-6-13(18)16(19)12(11)8-15(20-14)10-4-3-7-17-9-10/h3-7,9,14-15,18-19H,2,8H2,1H3. The molecule has 0 bridgehead atoms. The molecule has 1 aromatic carbocycles. The zero-order valence-corrected chi connectivity index (χ0v) is 11.3. The minimum absolute atomic E-state index is 0.0295. The molecule has 0 aliphatic carbocycles. The van der Waals surface area contributed by atoms with Crippen molar-refractivity contribution in [3.63, 3.8) is 0 Å². The van der Waals surface area contributed by atoms with Crippen LogP contribution in [0.1, 0.15) is 42.2 Å². The number of pyridine rings is 1. The number of ether oxygens (including phenoxy) is 1. The monoisotopic (exact) mass is 271 g/mol. The number of hydrogen-bond donors (Lipinski definition) is 2. The molecular formula is C16H17NO3. The molecule has 3 rings (SSSR count). The van der Waals surface area contributed by atoms with Gasteiger partial charge in [-0.2, -0.15) is 0 Å². The molecule has 20 heavy (non-hydrogen) atoms. The van der Waals surface area contributed by atoms with Crippen molar-refractivity contribution in [1.82, 2.24) is 4.98 Å². The summed E-state index contributed by atoms with van der Waals surface area (Å²) in [6.45, 7) is 2.05. The first-order valence-electron chi connectivity index (χ1n) is 6.79. The number of benzene rings is 1. The van der Waals surface area contributed by atoms with Gasteiger partial charge in [0.25, 0.3) is 0 Å². The lowest BCUT2D eigenvalue weighted by molar-refractivity contribution is -0.0300. The van der Waals surface area contributed by atoms with Crippen LogP contribution >= 0.6 is 0 Å². The van der Waals surface area contributed by atoms with Gasteiger partial charge in [0, 0.05) is 24.4 Å². The van der Waals surface area contributed by atoms with Gasteiger partial charge in [0.15, 0.2) is 11.5 Å². The van der Waals surface area contributed by atoms with Crippen molar-refractivity contribution in [3.8, 4) is 11.5 Å². The number of hydrogen-bond acceptors (Lipinski definition) is 4. The Hall–Kier alpha value is -2.07. The summed E-state index contributed by atoms with van der Waals surface area (Å²) in [6.07, 6.45) is 4.64. The number of aromatic hydroxyl groups is 2. The van der Waals surface area contributed by atoms with E-state index in [0.29, 0.717) is 6.42 Å². The van der Waals surface area contributed by atoms with Crippen molar-refractivity contribution >= 4 is 0 Å². The minimum atomic E-state index is -0.145. The van der Waals surface area contributed by atoms with Gasteiger partial charge >= 0.3 is 0 Å². The molecule has 4 nitrogen and oxygen atoms in total. The van der Waals surface area contributed by atoms with Gasteiger partial charge in [-0.15, -0.1) is 0 Å².